The SMILES string of the molecule is Cl.Cl.ClC1C=Cc2ccccc21.[Ti]. The van der Waals surface area contributed by atoms with E-state index in [1.807, 2.05) is 18.2 Å². The number of alkyl halides is 1. The maximum absolute atomic E-state index is 5.96. The molecule has 0 N–H and O–H groups in total. The van der Waals surface area contributed by atoms with Crippen LogP contribution in [0.2, 0.25) is 0 Å². The molecule has 1 aromatic carbocycles. The summed E-state index contributed by atoms with van der Waals surface area (Å²) in [6, 6.07) is 8.18. The second-order valence-corrected chi connectivity index (χ2v) is 2.86. The Kier molecular flexibility index (Phi) is 8.51. The number of halogens is 3. The molecule has 0 bridgehead atoms. The van der Waals surface area contributed by atoms with Gasteiger partial charge in [0.2, 0.25) is 0 Å². The second kappa shape index (κ2) is 6.92. The van der Waals surface area contributed by atoms with E-state index in [-0.39, 0.29) is 51.9 Å². The van der Waals surface area contributed by atoms with Gasteiger partial charge in [-0.2, -0.15) is 0 Å². The average molecular weight is 271 g/mol. The fourth-order valence-electron chi connectivity index (χ4n) is 1.21. The monoisotopic (exact) mass is 270 g/mol. The Balaban J connectivity index is 0. The summed E-state index contributed by atoms with van der Waals surface area (Å²) >= 11 is 5.96. The molecule has 1 aliphatic carbocycles. The third-order valence-electron chi connectivity index (χ3n) is 1.74. The van der Waals surface area contributed by atoms with Gasteiger partial charge >= 0.3 is 0 Å². The van der Waals surface area contributed by atoms with Crippen molar-refractivity contribution in [3.63, 3.8) is 0 Å². The van der Waals surface area contributed by atoms with Crippen molar-refractivity contribution >= 4 is 42.5 Å². The van der Waals surface area contributed by atoms with Gasteiger partial charge in [0.25, 0.3) is 0 Å². The molecule has 0 aliphatic heterocycles. The van der Waals surface area contributed by atoms with Crippen LogP contribution in [0.3, 0.4) is 0 Å². The molecule has 0 spiro atoms. The number of hydrogen-bond donors (Lipinski definition) is 0. The molecule has 0 saturated carbocycles. The summed E-state index contributed by atoms with van der Waals surface area (Å²) in [5.41, 5.74) is 2.48. The molecule has 0 heterocycles. The van der Waals surface area contributed by atoms with Crippen LogP contribution < -0.4 is 0 Å². The van der Waals surface area contributed by atoms with E-state index in [0.29, 0.717) is 0 Å². The van der Waals surface area contributed by atoms with Crippen LogP contribution in [0, 0.1) is 0 Å². The number of benzene rings is 1. The van der Waals surface area contributed by atoms with Crippen molar-refractivity contribution in [2.24, 2.45) is 0 Å². The third kappa shape index (κ3) is 3.30. The van der Waals surface area contributed by atoms with Crippen molar-refractivity contribution in [2.45, 2.75) is 5.38 Å². The van der Waals surface area contributed by atoms with E-state index in [9.17, 15) is 0 Å². The Morgan fingerprint density at radius 3 is 2.31 bits per heavy atom. The zero-order valence-corrected chi connectivity index (χ0v) is 10.7. The van der Waals surface area contributed by atoms with Gasteiger partial charge < -0.3 is 0 Å². The van der Waals surface area contributed by atoms with Crippen molar-refractivity contribution in [2.75, 3.05) is 0 Å². The van der Waals surface area contributed by atoms with Crippen molar-refractivity contribution in [3.8, 4) is 0 Å². The fourth-order valence-corrected chi connectivity index (χ4v) is 1.48. The van der Waals surface area contributed by atoms with Gasteiger partial charge in [-0.05, 0) is 11.1 Å². The smallest absolute Gasteiger partial charge is 0.0775 e. The molecule has 0 saturated heterocycles. The molecule has 1 aromatic rings. The number of hydrogen-bond acceptors (Lipinski definition) is 0. The summed E-state index contributed by atoms with van der Waals surface area (Å²) in [5.74, 6) is 0. The predicted molar refractivity (Wildman–Crippen MR) is 58.6 cm³/mol. The topological polar surface area (TPSA) is 0 Å². The minimum atomic E-state index is 0. The van der Waals surface area contributed by atoms with Gasteiger partial charge in [0, 0.05) is 21.7 Å². The van der Waals surface area contributed by atoms with Crippen molar-refractivity contribution in [1.29, 1.82) is 0 Å². The molecule has 0 nitrogen and oxygen atoms in total. The summed E-state index contributed by atoms with van der Waals surface area (Å²) in [7, 11) is 0. The van der Waals surface area contributed by atoms with E-state index in [2.05, 4.69) is 18.2 Å². The van der Waals surface area contributed by atoms with Gasteiger partial charge in [-0.1, -0.05) is 36.4 Å². The van der Waals surface area contributed by atoms with E-state index in [0.717, 1.165) is 0 Å². The van der Waals surface area contributed by atoms with Crippen LogP contribution in [0.4, 0.5) is 0 Å². The molecule has 0 fully saturated rings. The molecule has 13 heavy (non-hydrogen) atoms. The Morgan fingerprint density at radius 1 is 1.08 bits per heavy atom. The van der Waals surface area contributed by atoms with Crippen LogP contribution in [0.1, 0.15) is 16.5 Å². The van der Waals surface area contributed by atoms with Crippen molar-refractivity contribution < 1.29 is 21.7 Å². The molecule has 0 aromatic heterocycles. The molecule has 4 heteroatoms. The average Bonchev–Trinajstić information content (AvgIpc) is 2.34. The minimum absolute atomic E-state index is 0. The molecule has 70 valence electrons. The van der Waals surface area contributed by atoms with Crippen LogP contribution in [0.5, 0.6) is 0 Å². The Hall–Kier alpha value is 0.544. The van der Waals surface area contributed by atoms with E-state index in [1.54, 1.807) is 0 Å². The van der Waals surface area contributed by atoms with E-state index in [4.69, 9.17) is 11.6 Å². The van der Waals surface area contributed by atoms with E-state index < -0.39 is 0 Å². The Morgan fingerprint density at radius 2 is 1.69 bits per heavy atom. The summed E-state index contributed by atoms with van der Waals surface area (Å²) in [6.07, 6.45) is 4.07. The first-order chi connectivity index (χ1) is 4.88. The van der Waals surface area contributed by atoms with Gasteiger partial charge in [0.05, 0.1) is 5.38 Å². The molecule has 1 atom stereocenters. The second-order valence-electron chi connectivity index (χ2n) is 2.39. The Labute approximate surface area is 110 Å². The van der Waals surface area contributed by atoms with Gasteiger partial charge in [0.15, 0.2) is 0 Å². The summed E-state index contributed by atoms with van der Waals surface area (Å²) < 4.78 is 0. The minimum Gasteiger partial charge on any atom is -0.147 e. The van der Waals surface area contributed by atoms with Gasteiger partial charge in [-0.25, -0.2) is 0 Å². The number of rotatable bonds is 0. The normalized spacial score (nSPS) is 16.2. The largest absolute Gasteiger partial charge is 0.147 e. The molecular formula is C9H9Cl3Ti. The molecule has 1 aliphatic rings. The molecule has 2 rings (SSSR count). The molecule has 0 amide bonds. The van der Waals surface area contributed by atoms with Crippen LogP contribution in [0.15, 0.2) is 30.3 Å². The van der Waals surface area contributed by atoms with Gasteiger partial charge in [-0.3, -0.25) is 0 Å². The molecule has 0 radical (unpaired) electrons. The predicted octanol–water partition coefficient (Wildman–Crippen LogP) is 3.83. The summed E-state index contributed by atoms with van der Waals surface area (Å²) in [4.78, 5) is 0. The van der Waals surface area contributed by atoms with Crippen LogP contribution in [-0.2, 0) is 21.7 Å². The Bertz CT molecular complexity index is 286. The van der Waals surface area contributed by atoms with E-state index >= 15 is 0 Å². The van der Waals surface area contributed by atoms with Crippen LogP contribution in [0.25, 0.3) is 6.08 Å². The zero-order chi connectivity index (χ0) is 6.97. The fraction of sp³-hybridized carbons (Fsp3) is 0.111. The first kappa shape index (κ1) is 16.0. The van der Waals surface area contributed by atoms with E-state index in [1.165, 1.54) is 11.1 Å². The number of allylic oxidation sites excluding steroid dienone is 1. The van der Waals surface area contributed by atoms with Gasteiger partial charge in [-0.15, -0.1) is 36.4 Å². The van der Waals surface area contributed by atoms with Crippen LogP contribution >= 0.6 is 36.4 Å². The van der Waals surface area contributed by atoms with Crippen molar-refractivity contribution in [3.05, 3.63) is 41.5 Å². The first-order valence-electron chi connectivity index (χ1n) is 3.29. The first-order valence-corrected chi connectivity index (χ1v) is 3.73. The standard InChI is InChI=1S/C9H7Cl.2ClH.Ti/c10-9-6-5-7-3-1-2-4-8(7)9;;;/h1-6,9H;2*1H;. The maximum Gasteiger partial charge on any atom is 0.0775 e. The quantitative estimate of drug-likeness (QED) is 0.497. The third-order valence-corrected chi connectivity index (χ3v) is 2.12. The van der Waals surface area contributed by atoms with Crippen LogP contribution in [-0.4, -0.2) is 0 Å². The molecule has 1 unspecified atom stereocenters. The molecular weight excluding hydrogens is 262 g/mol. The zero-order valence-electron chi connectivity index (χ0n) is 6.74. The van der Waals surface area contributed by atoms with Crippen molar-refractivity contribution in [1.82, 2.24) is 0 Å². The number of fused-ring (bicyclic) bond motifs is 1. The maximum atomic E-state index is 5.96. The summed E-state index contributed by atoms with van der Waals surface area (Å²) in [5, 5.41) is 0.0937. The van der Waals surface area contributed by atoms with Gasteiger partial charge in [0.1, 0.15) is 0 Å². The summed E-state index contributed by atoms with van der Waals surface area (Å²) in [6.45, 7) is 0.